The molecule has 0 heterocycles. The smallest absolute Gasteiger partial charge is 0.306 e. The second-order valence-electron chi connectivity index (χ2n) is 8.49. The Kier molecular flexibility index (Phi) is 7.83. The van der Waals surface area contributed by atoms with Gasteiger partial charge in [-0.15, -0.1) is 0 Å². The molecule has 3 nitrogen and oxygen atoms in total. The normalized spacial score (nSPS) is 26.2. The van der Waals surface area contributed by atoms with Crippen molar-refractivity contribution < 1.29 is 18.3 Å². The first kappa shape index (κ1) is 21.2. The van der Waals surface area contributed by atoms with Gasteiger partial charge in [-0.05, 0) is 81.0 Å². The Hall–Kier alpha value is -1.49. The Morgan fingerprint density at radius 2 is 1.86 bits per heavy atom. The van der Waals surface area contributed by atoms with E-state index in [0.29, 0.717) is 13.0 Å². The number of rotatable bonds is 7. The molecule has 1 N–H and O–H groups in total. The molecular weight excluding hydrogens is 360 g/mol. The molecule has 1 aromatic carbocycles. The molecule has 0 radical (unpaired) electrons. The van der Waals surface area contributed by atoms with Crippen LogP contribution in [0.2, 0.25) is 0 Å². The van der Waals surface area contributed by atoms with Gasteiger partial charge in [0, 0.05) is 12.5 Å². The van der Waals surface area contributed by atoms with E-state index in [9.17, 15) is 13.6 Å². The van der Waals surface area contributed by atoms with Crippen molar-refractivity contribution in [2.75, 3.05) is 13.2 Å². The van der Waals surface area contributed by atoms with Crippen LogP contribution < -0.4 is 5.32 Å². The topological polar surface area (TPSA) is 38.3 Å². The van der Waals surface area contributed by atoms with Crippen LogP contribution in [0, 0.1) is 23.5 Å². The number of carbonyl (C=O) groups is 1. The average Bonchev–Trinajstić information content (AvgIpc) is 2.70. The van der Waals surface area contributed by atoms with Crippen molar-refractivity contribution in [3.05, 3.63) is 35.4 Å². The number of halogens is 2. The first-order chi connectivity index (χ1) is 13.6. The van der Waals surface area contributed by atoms with Gasteiger partial charge in [0.2, 0.25) is 0 Å². The van der Waals surface area contributed by atoms with E-state index in [1.54, 1.807) is 6.07 Å². The first-order valence-electron chi connectivity index (χ1n) is 10.9. The van der Waals surface area contributed by atoms with Gasteiger partial charge < -0.3 is 10.1 Å². The third-order valence-corrected chi connectivity index (χ3v) is 6.48. The highest BCUT2D eigenvalue weighted by Crippen LogP contribution is 2.39. The van der Waals surface area contributed by atoms with E-state index in [1.807, 2.05) is 6.92 Å². The summed E-state index contributed by atoms with van der Waals surface area (Å²) in [6.45, 7) is 3.20. The van der Waals surface area contributed by atoms with Crippen molar-refractivity contribution in [3.63, 3.8) is 0 Å². The van der Waals surface area contributed by atoms with E-state index in [-0.39, 0.29) is 23.8 Å². The molecule has 3 rings (SSSR count). The molecule has 0 spiro atoms. The molecule has 28 heavy (non-hydrogen) atoms. The number of carbonyl (C=O) groups excluding carboxylic acids is 1. The lowest BCUT2D eigenvalue weighted by molar-refractivity contribution is -0.144. The monoisotopic (exact) mass is 393 g/mol. The lowest BCUT2D eigenvalue weighted by Gasteiger charge is -2.38. The van der Waals surface area contributed by atoms with Gasteiger partial charge in [-0.1, -0.05) is 25.3 Å². The van der Waals surface area contributed by atoms with Crippen LogP contribution in [0.15, 0.2) is 18.2 Å². The molecule has 2 fully saturated rings. The van der Waals surface area contributed by atoms with Gasteiger partial charge in [0.25, 0.3) is 0 Å². The maximum atomic E-state index is 13.9. The van der Waals surface area contributed by atoms with Crippen LogP contribution in [-0.2, 0) is 9.53 Å². The van der Waals surface area contributed by atoms with Gasteiger partial charge in [-0.2, -0.15) is 0 Å². The summed E-state index contributed by atoms with van der Waals surface area (Å²) >= 11 is 0. The van der Waals surface area contributed by atoms with Gasteiger partial charge >= 0.3 is 5.97 Å². The Bertz CT molecular complexity index is 645. The molecule has 0 amide bonds. The lowest BCUT2D eigenvalue weighted by atomic mass is 9.73. The highest BCUT2D eigenvalue weighted by atomic mass is 19.2. The van der Waals surface area contributed by atoms with Crippen LogP contribution in [-0.4, -0.2) is 25.2 Å². The van der Waals surface area contributed by atoms with Crippen LogP contribution in [0.5, 0.6) is 0 Å². The van der Waals surface area contributed by atoms with E-state index in [1.165, 1.54) is 44.2 Å². The minimum atomic E-state index is -0.811. The zero-order valence-corrected chi connectivity index (χ0v) is 16.9. The second kappa shape index (κ2) is 10.3. The zero-order valence-electron chi connectivity index (χ0n) is 16.9. The maximum Gasteiger partial charge on any atom is 0.306 e. The fourth-order valence-corrected chi connectivity index (χ4v) is 4.96. The fraction of sp³-hybridized carbons (Fsp3) is 0.696. The summed E-state index contributed by atoms with van der Waals surface area (Å²) in [6.07, 6.45) is 9.63. The second-order valence-corrected chi connectivity index (χ2v) is 8.49. The molecule has 0 aliphatic heterocycles. The lowest BCUT2D eigenvalue weighted by Crippen LogP contribution is -2.42. The van der Waals surface area contributed by atoms with Crippen LogP contribution in [0.4, 0.5) is 8.78 Å². The summed E-state index contributed by atoms with van der Waals surface area (Å²) in [6, 6.07) is 4.50. The van der Waals surface area contributed by atoms with E-state index in [4.69, 9.17) is 4.74 Å². The molecule has 0 aromatic heterocycles. The summed E-state index contributed by atoms with van der Waals surface area (Å²) in [5, 5.41) is 3.74. The molecular formula is C23H33F2NO2. The van der Waals surface area contributed by atoms with Crippen molar-refractivity contribution in [1.82, 2.24) is 5.32 Å². The van der Waals surface area contributed by atoms with Crippen molar-refractivity contribution in [2.45, 2.75) is 76.7 Å². The first-order valence-corrected chi connectivity index (χ1v) is 10.9. The third kappa shape index (κ3) is 5.76. The standard InChI is InChI=1S/C23H33F2NO2/c1-2-28-23(27)13-17-8-11-22(26-15-16-6-4-3-5-7-16)19(12-17)18-9-10-20(24)21(25)14-18/h9-10,14,16-17,19,22,26H,2-8,11-13,15H2,1H3/t17-,19+,22-/m1/s1. The molecule has 2 aliphatic rings. The fourth-order valence-electron chi connectivity index (χ4n) is 4.96. The van der Waals surface area contributed by atoms with Gasteiger partial charge in [0.05, 0.1) is 6.61 Å². The van der Waals surface area contributed by atoms with Crippen molar-refractivity contribution in [1.29, 1.82) is 0 Å². The van der Waals surface area contributed by atoms with Crippen LogP contribution in [0.25, 0.3) is 0 Å². The molecule has 2 aliphatic carbocycles. The predicted octanol–water partition coefficient (Wildman–Crippen LogP) is 5.34. The number of esters is 1. The molecule has 0 unspecified atom stereocenters. The summed E-state index contributed by atoms with van der Waals surface area (Å²) in [5.41, 5.74) is 0.827. The quantitative estimate of drug-likeness (QED) is 0.636. The van der Waals surface area contributed by atoms with Crippen LogP contribution in [0.1, 0.15) is 76.2 Å². The molecule has 3 atom stereocenters. The number of benzene rings is 1. The molecule has 2 saturated carbocycles. The van der Waals surface area contributed by atoms with Crippen LogP contribution >= 0.6 is 0 Å². The summed E-state index contributed by atoms with van der Waals surface area (Å²) < 4.78 is 32.4. The third-order valence-electron chi connectivity index (χ3n) is 6.48. The van der Waals surface area contributed by atoms with E-state index in [2.05, 4.69) is 5.32 Å². The largest absolute Gasteiger partial charge is 0.466 e. The van der Waals surface area contributed by atoms with E-state index >= 15 is 0 Å². The number of hydrogen-bond donors (Lipinski definition) is 1. The minimum Gasteiger partial charge on any atom is -0.466 e. The van der Waals surface area contributed by atoms with E-state index < -0.39 is 11.6 Å². The SMILES string of the molecule is CCOC(=O)C[C@@H]1CC[C@@H](NCC2CCCCC2)[C@H](c2ccc(F)c(F)c2)C1. The summed E-state index contributed by atoms with van der Waals surface area (Å²) in [5.74, 6) is -0.732. The molecule has 1 aromatic rings. The molecule has 0 bridgehead atoms. The van der Waals surface area contributed by atoms with Crippen molar-refractivity contribution in [3.8, 4) is 0 Å². The predicted molar refractivity (Wildman–Crippen MR) is 106 cm³/mol. The zero-order chi connectivity index (χ0) is 19.9. The Morgan fingerprint density at radius 3 is 2.57 bits per heavy atom. The van der Waals surface area contributed by atoms with E-state index in [0.717, 1.165) is 37.3 Å². The summed E-state index contributed by atoms with van der Waals surface area (Å²) in [4.78, 5) is 11.9. The van der Waals surface area contributed by atoms with Gasteiger partial charge in [-0.25, -0.2) is 8.78 Å². The Labute approximate surface area is 167 Å². The number of hydrogen-bond acceptors (Lipinski definition) is 3. The molecule has 0 saturated heterocycles. The van der Waals surface area contributed by atoms with Crippen LogP contribution in [0.3, 0.4) is 0 Å². The maximum absolute atomic E-state index is 13.9. The van der Waals surface area contributed by atoms with Gasteiger partial charge in [-0.3, -0.25) is 4.79 Å². The highest BCUT2D eigenvalue weighted by Gasteiger charge is 2.33. The average molecular weight is 394 g/mol. The minimum absolute atomic E-state index is 0.0897. The Balaban J connectivity index is 1.68. The highest BCUT2D eigenvalue weighted by molar-refractivity contribution is 5.69. The Morgan fingerprint density at radius 1 is 1.07 bits per heavy atom. The van der Waals surface area contributed by atoms with Crippen molar-refractivity contribution >= 4 is 5.97 Å². The summed E-state index contributed by atoms with van der Waals surface area (Å²) in [7, 11) is 0. The number of nitrogens with one attached hydrogen (secondary N) is 1. The van der Waals surface area contributed by atoms with Gasteiger partial charge in [0.15, 0.2) is 11.6 Å². The molecule has 156 valence electrons. The molecule has 5 heteroatoms. The van der Waals surface area contributed by atoms with Gasteiger partial charge in [0.1, 0.15) is 0 Å². The number of ether oxygens (including phenoxy) is 1. The van der Waals surface area contributed by atoms with Crippen molar-refractivity contribution in [2.24, 2.45) is 11.8 Å².